The molecule has 196 valence electrons. The number of rotatable bonds is 6. The molecule has 0 bridgehead atoms. The zero-order valence-corrected chi connectivity index (χ0v) is 21.8. The molecule has 10 nitrogen and oxygen atoms in total. The lowest BCUT2D eigenvalue weighted by Crippen LogP contribution is -2.68. The molecular weight excluding hydrogens is 532 g/mol. The van der Waals surface area contributed by atoms with Crippen molar-refractivity contribution in [2.45, 2.75) is 31.4 Å². The molecule has 0 radical (unpaired) electrons. The van der Waals surface area contributed by atoms with Crippen molar-refractivity contribution in [3.8, 4) is 11.3 Å². The van der Waals surface area contributed by atoms with Crippen LogP contribution < -0.4 is 10.6 Å². The Kier molecular flexibility index (Phi) is 7.41. The number of carbonyl (C=O) groups excluding carboxylic acids is 3. The molecule has 3 heterocycles. The maximum Gasteiger partial charge on any atom is 0.329 e. The van der Waals surface area contributed by atoms with Crippen LogP contribution in [0.2, 0.25) is 5.02 Å². The molecule has 2 aliphatic heterocycles. The van der Waals surface area contributed by atoms with E-state index >= 15 is 0 Å². The molecule has 3 atom stereocenters. The highest BCUT2D eigenvalue weighted by Crippen LogP contribution is 2.38. The number of nitrogens with one attached hydrogen (secondary N) is 2. The van der Waals surface area contributed by atoms with Crippen LogP contribution in [0.4, 0.5) is 10.5 Å². The Morgan fingerprint density at radius 1 is 1.24 bits per heavy atom. The van der Waals surface area contributed by atoms with Crippen LogP contribution in [0.1, 0.15) is 17.7 Å². The molecule has 3 aromatic rings. The van der Waals surface area contributed by atoms with E-state index in [-0.39, 0.29) is 24.4 Å². The third-order valence-electron chi connectivity index (χ3n) is 6.26. The summed E-state index contributed by atoms with van der Waals surface area (Å²) in [4.78, 5) is 39.6. The van der Waals surface area contributed by atoms with E-state index in [9.17, 15) is 18.9 Å². The van der Waals surface area contributed by atoms with Gasteiger partial charge in [0.15, 0.2) is 5.76 Å². The topological polar surface area (TPSA) is 137 Å². The minimum atomic E-state index is -1.42. The molecule has 2 fully saturated rings. The summed E-state index contributed by atoms with van der Waals surface area (Å²) in [6.45, 7) is 1.71. The van der Waals surface area contributed by atoms with Crippen molar-refractivity contribution in [3.63, 3.8) is 0 Å². The van der Waals surface area contributed by atoms with E-state index in [1.165, 1.54) is 11.1 Å². The fourth-order valence-electron chi connectivity index (χ4n) is 4.34. The van der Waals surface area contributed by atoms with Crippen LogP contribution in [0.25, 0.3) is 11.3 Å². The van der Waals surface area contributed by atoms with Crippen molar-refractivity contribution in [2.75, 3.05) is 11.1 Å². The van der Waals surface area contributed by atoms with Crippen LogP contribution in [0.3, 0.4) is 0 Å². The van der Waals surface area contributed by atoms with Gasteiger partial charge in [0, 0.05) is 18.2 Å². The second kappa shape index (κ2) is 10.9. The maximum absolute atomic E-state index is 12.9. The van der Waals surface area contributed by atoms with Crippen LogP contribution in [0.15, 0.2) is 70.9 Å². The number of aryl methyl sites for hydroxylation is 1. The third kappa shape index (κ3) is 5.00. The number of anilines is 1. The molecule has 2 unspecified atom stereocenters. The van der Waals surface area contributed by atoms with Gasteiger partial charge >= 0.3 is 12.0 Å². The monoisotopic (exact) mass is 554 g/mol. The molecule has 38 heavy (non-hydrogen) atoms. The fraction of sp³-hybridized carbons (Fsp3) is 0.231. The lowest BCUT2D eigenvalue weighted by Gasteiger charge is -2.48. The van der Waals surface area contributed by atoms with Crippen molar-refractivity contribution in [3.05, 3.63) is 82.7 Å². The van der Waals surface area contributed by atoms with Crippen molar-refractivity contribution in [1.29, 1.82) is 0 Å². The van der Waals surface area contributed by atoms with E-state index in [0.717, 1.165) is 5.56 Å². The highest BCUT2D eigenvalue weighted by Gasteiger charge is 2.58. The van der Waals surface area contributed by atoms with E-state index in [0.29, 0.717) is 27.7 Å². The summed E-state index contributed by atoms with van der Waals surface area (Å²) in [5.74, 6) is -0.449. The molecule has 2 aliphatic rings. The number of carbonyl (C=O) groups is 3. The largest absolute Gasteiger partial charge is 0.614 e. The number of hydrogen-bond acceptors (Lipinski definition) is 7. The normalized spacial score (nSPS) is 21.4. The smallest absolute Gasteiger partial charge is 0.329 e. The Balaban J connectivity index is 1.24. The average molecular weight is 555 g/mol. The van der Waals surface area contributed by atoms with Crippen molar-refractivity contribution in [2.24, 2.45) is 0 Å². The van der Waals surface area contributed by atoms with E-state index in [4.69, 9.17) is 20.9 Å². The number of aromatic nitrogens is 1. The van der Waals surface area contributed by atoms with Crippen molar-refractivity contribution >= 4 is 46.4 Å². The number of hydrogen-bond donors (Lipinski definition) is 2. The highest BCUT2D eigenvalue weighted by atomic mass is 35.5. The zero-order valence-electron chi connectivity index (χ0n) is 20.2. The molecule has 0 saturated carbocycles. The van der Waals surface area contributed by atoms with Gasteiger partial charge in [-0.15, -0.1) is 0 Å². The van der Waals surface area contributed by atoms with Gasteiger partial charge in [-0.05, 0) is 29.7 Å². The number of esters is 1. The number of benzene rings is 2. The summed E-state index contributed by atoms with van der Waals surface area (Å²) in [6.07, 6.45) is 1.45. The second-order valence-electron chi connectivity index (χ2n) is 8.69. The number of ether oxygens (including phenoxy) is 1. The van der Waals surface area contributed by atoms with E-state index in [1.807, 2.05) is 30.3 Å². The Hall–Kier alpha value is -3.80. The minimum Gasteiger partial charge on any atom is -0.614 e. The Morgan fingerprint density at radius 2 is 1.97 bits per heavy atom. The molecule has 2 aromatic carbocycles. The average Bonchev–Trinajstić information content (AvgIpc) is 3.27. The minimum absolute atomic E-state index is 0.0782. The van der Waals surface area contributed by atoms with Gasteiger partial charge in [0.2, 0.25) is 5.37 Å². The SMILES string of the molecule is Cc1onc(-c2ccccc2Cl)c1NC(=O)NC=C1C(=O)N2C(C(=O)OCc3ccccc3)CC[S+]([O-])[C@@H]12. The lowest BCUT2D eigenvalue weighted by molar-refractivity contribution is -0.159. The first-order chi connectivity index (χ1) is 18.3. The molecule has 0 spiro atoms. The summed E-state index contributed by atoms with van der Waals surface area (Å²) in [5.41, 5.74) is 2.22. The first-order valence-electron chi connectivity index (χ1n) is 11.7. The number of β-lactam (4-membered cyclic amide) rings is 1. The van der Waals surface area contributed by atoms with E-state index in [1.54, 1.807) is 31.2 Å². The summed E-state index contributed by atoms with van der Waals surface area (Å²) in [7, 11) is 0. The van der Waals surface area contributed by atoms with Crippen LogP contribution in [0, 0.1) is 6.92 Å². The molecule has 0 aliphatic carbocycles. The molecular formula is C26H23ClN4O6S. The lowest BCUT2D eigenvalue weighted by atomic mass is 10.0. The molecule has 1 aromatic heterocycles. The van der Waals surface area contributed by atoms with Gasteiger partial charge in [0.1, 0.15) is 35.4 Å². The summed E-state index contributed by atoms with van der Waals surface area (Å²) in [6, 6.07) is 14.7. The predicted molar refractivity (Wildman–Crippen MR) is 140 cm³/mol. The number of halogens is 1. The van der Waals surface area contributed by atoms with Gasteiger partial charge in [-0.25, -0.2) is 9.59 Å². The molecule has 12 heteroatoms. The van der Waals surface area contributed by atoms with Gasteiger partial charge < -0.3 is 24.4 Å². The number of nitrogens with zero attached hydrogens (tertiary/aromatic N) is 2. The fourth-order valence-corrected chi connectivity index (χ4v) is 6.19. The molecule has 3 amide bonds. The van der Waals surface area contributed by atoms with Gasteiger partial charge in [-0.2, -0.15) is 0 Å². The Morgan fingerprint density at radius 3 is 2.74 bits per heavy atom. The molecule has 5 rings (SSSR count). The van der Waals surface area contributed by atoms with Gasteiger partial charge in [-0.3, -0.25) is 9.69 Å². The number of fused-ring (bicyclic) bond motifs is 1. The zero-order chi connectivity index (χ0) is 26.8. The van der Waals surface area contributed by atoms with E-state index in [2.05, 4.69) is 15.8 Å². The van der Waals surface area contributed by atoms with Crippen molar-refractivity contribution < 1.29 is 28.2 Å². The van der Waals surface area contributed by atoms with Gasteiger partial charge in [-0.1, -0.05) is 65.3 Å². The summed E-state index contributed by atoms with van der Waals surface area (Å²) < 4.78 is 23.3. The third-order valence-corrected chi connectivity index (χ3v) is 8.21. The Bertz CT molecular complexity index is 1410. The first-order valence-corrected chi connectivity index (χ1v) is 13.5. The maximum atomic E-state index is 12.9. The Labute approximate surface area is 226 Å². The second-order valence-corrected chi connectivity index (χ2v) is 10.7. The van der Waals surface area contributed by atoms with E-state index < -0.39 is 40.5 Å². The van der Waals surface area contributed by atoms with Crippen molar-refractivity contribution in [1.82, 2.24) is 15.4 Å². The molecule has 2 saturated heterocycles. The van der Waals surface area contributed by atoms with Crippen LogP contribution in [0.5, 0.6) is 0 Å². The standard InChI is InChI=1S/C26H23ClN4O6S/c1-15-21(22(30-37-15)17-9-5-6-10-19(17)27)29-26(34)28-13-18-23(32)31-20(11-12-38(35)24(18)31)25(33)36-14-16-7-3-2-4-8-16/h2-10,13,20,24H,11-12,14H2,1H3,(H2,28,29,34)/t20?,24-,38?/m0/s1. The van der Waals surface area contributed by atoms with Gasteiger partial charge in [0.05, 0.1) is 5.02 Å². The highest BCUT2D eigenvalue weighted by molar-refractivity contribution is 7.92. The summed E-state index contributed by atoms with van der Waals surface area (Å²) in [5, 5.41) is 8.79. The molecule has 2 N–H and O–H groups in total. The number of amides is 3. The predicted octanol–water partition coefficient (Wildman–Crippen LogP) is 3.74. The summed E-state index contributed by atoms with van der Waals surface area (Å²) >= 11 is 4.84. The van der Waals surface area contributed by atoms with Gasteiger partial charge in [0.25, 0.3) is 5.91 Å². The van der Waals surface area contributed by atoms with Crippen LogP contribution in [-0.2, 0) is 32.1 Å². The quantitative estimate of drug-likeness (QED) is 0.205. The first kappa shape index (κ1) is 25.8. The number of urea groups is 1. The van der Waals surface area contributed by atoms with Crippen LogP contribution in [-0.4, -0.2) is 49.7 Å². The van der Waals surface area contributed by atoms with Crippen LogP contribution >= 0.6 is 11.6 Å².